The second-order valence-electron chi connectivity index (χ2n) is 4.42. The van der Waals surface area contributed by atoms with Gasteiger partial charge in [-0.15, -0.1) is 0 Å². The smallest absolute Gasteiger partial charge is 0.329 e. The van der Waals surface area contributed by atoms with Gasteiger partial charge in [0.15, 0.2) is 0 Å². The van der Waals surface area contributed by atoms with E-state index in [0.29, 0.717) is 12.8 Å². The molecular formula is C11H22N2O3. The first-order chi connectivity index (χ1) is 7.25. The van der Waals surface area contributed by atoms with Crippen LogP contribution in [0.15, 0.2) is 0 Å². The summed E-state index contributed by atoms with van der Waals surface area (Å²) in [4.78, 5) is 23.1. The highest BCUT2D eigenvalue weighted by atomic mass is 16.4. The Kier molecular flexibility index (Phi) is 4.93. The zero-order chi connectivity index (χ0) is 13.0. The number of hydrogen-bond donors (Lipinski definition) is 3. The first-order valence-corrected chi connectivity index (χ1v) is 5.50. The van der Waals surface area contributed by atoms with Crippen molar-refractivity contribution < 1.29 is 14.7 Å². The molecule has 0 aromatic heterocycles. The molecule has 0 saturated heterocycles. The highest BCUT2D eigenvalue weighted by Gasteiger charge is 2.39. The van der Waals surface area contributed by atoms with Crippen LogP contribution >= 0.6 is 0 Å². The maximum absolute atomic E-state index is 11.9. The van der Waals surface area contributed by atoms with Crippen molar-refractivity contribution in [2.45, 2.75) is 51.6 Å². The summed E-state index contributed by atoms with van der Waals surface area (Å²) >= 11 is 0. The molecule has 0 unspecified atom stereocenters. The van der Waals surface area contributed by atoms with Crippen LogP contribution < -0.4 is 10.6 Å². The monoisotopic (exact) mass is 230 g/mol. The molecule has 16 heavy (non-hydrogen) atoms. The van der Waals surface area contributed by atoms with Crippen molar-refractivity contribution in [3.63, 3.8) is 0 Å². The topological polar surface area (TPSA) is 78.4 Å². The Balaban J connectivity index is 4.92. The predicted octanol–water partition coefficient (Wildman–Crippen LogP) is 0.744. The Labute approximate surface area is 96.6 Å². The second kappa shape index (κ2) is 5.30. The van der Waals surface area contributed by atoms with Crippen molar-refractivity contribution in [3.05, 3.63) is 0 Å². The zero-order valence-corrected chi connectivity index (χ0v) is 10.7. The van der Waals surface area contributed by atoms with Crippen molar-refractivity contribution in [1.82, 2.24) is 10.6 Å². The van der Waals surface area contributed by atoms with E-state index in [1.54, 1.807) is 34.7 Å². The van der Waals surface area contributed by atoms with Gasteiger partial charge in [-0.1, -0.05) is 13.8 Å². The quantitative estimate of drug-likeness (QED) is 0.629. The van der Waals surface area contributed by atoms with Gasteiger partial charge in [0.2, 0.25) is 5.91 Å². The fraction of sp³-hybridized carbons (Fsp3) is 0.818. The lowest BCUT2D eigenvalue weighted by Crippen LogP contribution is -2.61. The van der Waals surface area contributed by atoms with Gasteiger partial charge in [0.05, 0.1) is 5.54 Å². The Morgan fingerprint density at radius 1 is 1.19 bits per heavy atom. The van der Waals surface area contributed by atoms with Crippen molar-refractivity contribution in [1.29, 1.82) is 0 Å². The minimum Gasteiger partial charge on any atom is -0.480 e. The van der Waals surface area contributed by atoms with E-state index in [1.165, 1.54) is 0 Å². The van der Waals surface area contributed by atoms with Gasteiger partial charge in [-0.25, -0.2) is 4.79 Å². The molecule has 1 amide bonds. The molecule has 0 atom stereocenters. The molecule has 3 N–H and O–H groups in total. The molecule has 0 heterocycles. The maximum atomic E-state index is 11.9. The van der Waals surface area contributed by atoms with E-state index in [1.807, 2.05) is 0 Å². The highest BCUT2D eigenvalue weighted by Crippen LogP contribution is 2.17. The number of likely N-dealkylation sites (N-methyl/N-ethyl adjacent to an activating group) is 1. The number of aliphatic carboxylic acids is 1. The summed E-state index contributed by atoms with van der Waals surface area (Å²) in [6, 6.07) is 0. The van der Waals surface area contributed by atoms with E-state index >= 15 is 0 Å². The molecule has 94 valence electrons. The van der Waals surface area contributed by atoms with E-state index in [0.717, 1.165) is 0 Å². The molecule has 0 spiro atoms. The number of hydrogen-bond acceptors (Lipinski definition) is 3. The summed E-state index contributed by atoms with van der Waals surface area (Å²) in [5.74, 6) is -1.29. The molecule has 0 aromatic carbocycles. The van der Waals surface area contributed by atoms with Crippen LogP contribution in [0.25, 0.3) is 0 Å². The molecule has 5 nitrogen and oxygen atoms in total. The molecule has 0 radical (unpaired) electrons. The van der Waals surface area contributed by atoms with Crippen molar-refractivity contribution in [3.8, 4) is 0 Å². The van der Waals surface area contributed by atoms with E-state index in [-0.39, 0.29) is 5.91 Å². The number of rotatable bonds is 6. The third-order valence-corrected chi connectivity index (χ3v) is 3.16. The Morgan fingerprint density at radius 2 is 1.62 bits per heavy atom. The zero-order valence-electron chi connectivity index (χ0n) is 10.7. The van der Waals surface area contributed by atoms with E-state index in [4.69, 9.17) is 0 Å². The van der Waals surface area contributed by atoms with E-state index in [9.17, 15) is 14.7 Å². The number of carbonyl (C=O) groups is 2. The molecule has 0 aliphatic rings. The first kappa shape index (κ1) is 14.9. The van der Waals surface area contributed by atoms with Gasteiger partial charge in [-0.2, -0.15) is 0 Å². The van der Waals surface area contributed by atoms with Crippen LogP contribution in [0.3, 0.4) is 0 Å². The van der Waals surface area contributed by atoms with Crippen molar-refractivity contribution >= 4 is 11.9 Å². The predicted molar refractivity (Wildman–Crippen MR) is 62.2 cm³/mol. The summed E-state index contributed by atoms with van der Waals surface area (Å²) in [6.07, 6.45) is 0.731. The van der Waals surface area contributed by atoms with Crippen molar-refractivity contribution in [2.75, 3.05) is 7.05 Å². The van der Waals surface area contributed by atoms with Gasteiger partial charge in [-0.3, -0.25) is 4.79 Å². The van der Waals surface area contributed by atoms with Gasteiger partial charge in [0.1, 0.15) is 5.54 Å². The van der Waals surface area contributed by atoms with Crippen LogP contribution in [-0.4, -0.2) is 35.1 Å². The van der Waals surface area contributed by atoms with Gasteiger partial charge < -0.3 is 15.7 Å². The SMILES string of the molecule is CCC(CC)(NC(=O)C(C)(C)NC)C(=O)O. The number of carboxylic acids is 1. The van der Waals surface area contributed by atoms with Crippen LogP contribution in [0.1, 0.15) is 40.5 Å². The molecule has 0 aliphatic heterocycles. The van der Waals surface area contributed by atoms with Gasteiger partial charge in [0, 0.05) is 0 Å². The van der Waals surface area contributed by atoms with Crippen LogP contribution in [0, 0.1) is 0 Å². The minimum absolute atomic E-state index is 0.305. The fourth-order valence-corrected chi connectivity index (χ4v) is 1.27. The first-order valence-electron chi connectivity index (χ1n) is 5.50. The molecule has 0 rings (SSSR count). The second-order valence-corrected chi connectivity index (χ2v) is 4.42. The third-order valence-electron chi connectivity index (χ3n) is 3.16. The van der Waals surface area contributed by atoms with Crippen LogP contribution in [0.4, 0.5) is 0 Å². The lowest BCUT2D eigenvalue weighted by molar-refractivity contribution is -0.149. The van der Waals surface area contributed by atoms with Gasteiger partial charge in [0.25, 0.3) is 0 Å². The normalized spacial score (nSPS) is 12.3. The van der Waals surface area contributed by atoms with Gasteiger partial charge in [-0.05, 0) is 33.7 Å². The van der Waals surface area contributed by atoms with Crippen LogP contribution in [0.2, 0.25) is 0 Å². The summed E-state index contributed by atoms with van der Waals surface area (Å²) < 4.78 is 0. The fourth-order valence-electron chi connectivity index (χ4n) is 1.27. The highest BCUT2D eigenvalue weighted by molar-refractivity contribution is 5.91. The molecule has 0 saturated carbocycles. The lowest BCUT2D eigenvalue weighted by Gasteiger charge is -2.32. The number of carbonyl (C=O) groups excluding carboxylic acids is 1. The number of carboxylic acid groups (broad SMARTS) is 1. The summed E-state index contributed by atoms with van der Waals surface area (Å²) in [5, 5.41) is 14.6. The van der Waals surface area contributed by atoms with Crippen molar-refractivity contribution in [2.24, 2.45) is 0 Å². The Bertz CT molecular complexity index is 270. The molecular weight excluding hydrogens is 208 g/mol. The molecule has 0 aliphatic carbocycles. The van der Waals surface area contributed by atoms with E-state index in [2.05, 4.69) is 10.6 Å². The number of nitrogens with one attached hydrogen (secondary N) is 2. The van der Waals surface area contributed by atoms with Crippen LogP contribution in [-0.2, 0) is 9.59 Å². The standard InChI is InChI=1S/C11H22N2O3/c1-6-11(7-2,9(15)16)13-8(14)10(3,4)12-5/h12H,6-7H2,1-5H3,(H,13,14)(H,15,16). The van der Waals surface area contributed by atoms with Crippen LogP contribution in [0.5, 0.6) is 0 Å². The summed E-state index contributed by atoms with van der Waals surface area (Å²) in [7, 11) is 1.67. The molecule has 0 fully saturated rings. The summed E-state index contributed by atoms with van der Waals surface area (Å²) in [6.45, 7) is 6.93. The average Bonchev–Trinajstić information content (AvgIpc) is 2.25. The Hall–Kier alpha value is -1.10. The third kappa shape index (κ3) is 2.95. The maximum Gasteiger partial charge on any atom is 0.329 e. The van der Waals surface area contributed by atoms with Gasteiger partial charge >= 0.3 is 5.97 Å². The molecule has 0 aromatic rings. The minimum atomic E-state index is -1.16. The Morgan fingerprint density at radius 3 is 1.88 bits per heavy atom. The average molecular weight is 230 g/mol. The summed E-state index contributed by atoms with van der Waals surface area (Å²) in [5.41, 5.74) is -1.93. The molecule has 0 bridgehead atoms. The molecule has 5 heteroatoms. The number of amides is 1. The lowest BCUT2D eigenvalue weighted by atomic mass is 9.91. The largest absolute Gasteiger partial charge is 0.480 e. The van der Waals surface area contributed by atoms with E-state index < -0.39 is 17.0 Å².